The zero-order chi connectivity index (χ0) is 26.2. The van der Waals surface area contributed by atoms with Gasteiger partial charge in [0, 0.05) is 19.3 Å². The third-order valence-corrected chi connectivity index (χ3v) is 6.64. The number of unbranched alkanes of at least 4 members (excludes halogenated alkanes) is 10. The van der Waals surface area contributed by atoms with E-state index in [1.54, 1.807) is 4.90 Å². The van der Waals surface area contributed by atoms with Crippen LogP contribution in [0.3, 0.4) is 0 Å². The van der Waals surface area contributed by atoms with Crippen LogP contribution in [0, 0.1) is 0 Å². The van der Waals surface area contributed by atoms with E-state index in [4.69, 9.17) is 10.5 Å². The normalized spacial score (nSPS) is 13.4. The van der Waals surface area contributed by atoms with Gasteiger partial charge in [-0.1, -0.05) is 78.1 Å². The monoisotopic (exact) mass is 505 g/mol. The van der Waals surface area contributed by atoms with Crippen molar-refractivity contribution in [2.75, 3.05) is 29.2 Å². The first-order valence-electron chi connectivity index (χ1n) is 14.0. The number of fused-ring (bicyclic) bond motifs is 1. The molecule has 1 aromatic heterocycles. The summed E-state index contributed by atoms with van der Waals surface area (Å²) in [6, 6.07) is 0. The first kappa shape index (κ1) is 29.8. The largest absolute Gasteiger partial charge is 0.369 e. The number of ketones is 2. The predicted molar refractivity (Wildman–Crippen MR) is 145 cm³/mol. The van der Waals surface area contributed by atoms with E-state index in [1.165, 1.54) is 44.9 Å². The Hall–Kier alpha value is -2.42. The molecular formula is C27H47N5O4. The number of rotatable bonds is 21. The second-order valence-corrected chi connectivity index (χ2v) is 9.82. The molecule has 0 saturated heterocycles. The molecule has 0 amide bonds. The van der Waals surface area contributed by atoms with Crippen LogP contribution in [0.15, 0.2) is 4.79 Å². The summed E-state index contributed by atoms with van der Waals surface area (Å²) in [7, 11) is 0. The SMILES string of the molecule is CCCCCCCCC(=O)CCCOC(C(=O)CCCCCCCC)N1CNc2c1nc(N)[nH]c2=O. The Bertz CT molecular complexity index is 857. The number of ether oxygens (including phenoxy) is 1. The van der Waals surface area contributed by atoms with Crippen LogP contribution in [0.4, 0.5) is 17.5 Å². The predicted octanol–water partition coefficient (Wildman–Crippen LogP) is 5.30. The van der Waals surface area contributed by atoms with Crippen molar-refractivity contribution in [2.45, 2.75) is 123 Å². The van der Waals surface area contributed by atoms with E-state index < -0.39 is 6.23 Å². The number of hydrogen-bond acceptors (Lipinski definition) is 8. The molecule has 9 heteroatoms. The van der Waals surface area contributed by atoms with Crippen molar-refractivity contribution < 1.29 is 14.3 Å². The molecule has 1 atom stereocenters. The van der Waals surface area contributed by atoms with Crippen molar-refractivity contribution in [1.82, 2.24) is 9.97 Å². The second kappa shape index (κ2) is 17.1. The van der Waals surface area contributed by atoms with Gasteiger partial charge in [-0.3, -0.25) is 19.4 Å². The Morgan fingerprint density at radius 1 is 0.917 bits per heavy atom. The molecule has 2 rings (SSSR count). The molecule has 204 valence electrons. The fourth-order valence-corrected chi connectivity index (χ4v) is 4.53. The number of nitrogens with zero attached hydrogens (tertiary/aromatic N) is 2. The van der Waals surface area contributed by atoms with Gasteiger partial charge in [0.25, 0.3) is 5.56 Å². The fraction of sp³-hybridized carbons (Fsp3) is 0.778. The first-order valence-corrected chi connectivity index (χ1v) is 14.0. The topological polar surface area (TPSA) is 130 Å². The van der Waals surface area contributed by atoms with E-state index in [0.29, 0.717) is 43.8 Å². The van der Waals surface area contributed by atoms with Crippen LogP contribution in [-0.2, 0) is 14.3 Å². The molecule has 4 N–H and O–H groups in total. The quantitative estimate of drug-likeness (QED) is 0.192. The minimum Gasteiger partial charge on any atom is -0.369 e. The van der Waals surface area contributed by atoms with Gasteiger partial charge in [-0.25, -0.2) is 0 Å². The zero-order valence-electron chi connectivity index (χ0n) is 22.4. The molecule has 1 aromatic rings. The molecule has 1 aliphatic rings. The van der Waals surface area contributed by atoms with E-state index in [-0.39, 0.29) is 29.7 Å². The number of nitrogens with one attached hydrogen (secondary N) is 2. The van der Waals surface area contributed by atoms with Crippen LogP contribution >= 0.6 is 0 Å². The van der Waals surface area contributed by atoms with Crippen LogP contribution in [0.2, 0.25) is 0 Å². The van der Waals surface area contributed by atoms with Crippen LogP contribution in [-0.4, -0.2) is 41.0 Å². The van der Waals surface area contributed by atoms with Crippen molar-refractivity contribution in [3.05, 3.63) is 10.4 Å². The van der Waals surface area contributed by atoms with Crippen molar-refractivity contribution in [1.29, 1.82) is 0 Å². The first-order chi connectivity index (χ1) is 17.5. The third kappa shape index (κ3) is 10.3. The summed E-state index contributed by atoms with van der Waals surface area (Å²) in [6.07, 6.45) is 14.7. The van der Waals surface area contributed by atoms with Gasteiger partial charge < -0.3 is 20.7 Å². The summed E-state index contributed by atoms with van der Waals surface area (Å²) in [5, 5.41) is 3.00. The minimum absolute atomic E-state index is 0.00476. The third-order valence-electron chi connectivity index (χ3n) is 6.64. The highest BCUT2D eigenvalue weighted by Crippen LogP contribution is 2.29. The lowest BCUT2D eigenvalue weighted by atomic mass is 10.1. The van der Waals surface area contributed by atoms with Crippen LogP contribution in [0.25, 0.3) is 0 Å². The number of anilines is 3. The Balaban J connectivity index is 1.87. The number of hydrogen-bond donors (Lipinski definition) is 3. The molecule has 0 fully saturated rings. The molecule has 36 heavy (non-hydrogen) atoms. The molecular weight excluding hydrogens is 458 g/mol. The maximum absolute atomic E-state index is 13.2. The Morgan fingerprint density at radius 2 is 1.50 bits per heavy atom. The van der Waals surface area contributed by atoms with E-state index in [2.05, 4.69) is 29.1 Å². The lowest BCUT2D eigenvalue weighted by molar-refractivity contribution is -0.130. The van der Waals surface area contributed by atoms with Crippen LogP contribution in [0.5, 0.6) is 0 Å². The maximum atomic E-state index is 13.2. The van der Waals surface area contributed by atoms with Gasteiger partial charge in [-0.15, -0.1) is 0 Å². The minimum atomic E-state index is -0.864. The van der Waals surface area contributed by atoms with Crippen LogP contribution in [0.1, 0.15) is 117 Å². The number of nitrogen functional groups attached to an aromatic ring is 1. The molecule has 0 radical (unpaired) electrons. The summed E-state index contributed by atoms with van der Waals surface area (Å²) >= 11 is 0. The fourth-order valence-electron chi connectivity index (χ4n) is 4.53. The number of H-pyrrole nitrogens is 1. The van der Waals surface area contributed by atoms with Crippen LogP contribution < -0.4 is 21.5 Å². The molecule has 1 unspecified atom stereocenters. The van der Waals surface area contributed by atoms with Gasteiger partial charge in [0.1, 0.15) is 11.5 Å². The second-order valence-electron chi connectivity index (χ2n) is 9.82. The number of aromatic amines is 1. The molecule has 0 aromatic carbocycles. The molecule has 0 aliphatic carbocycles. The van der Waals surface area contributed by atoms with E-state index in [0.717, 1.165) is 32.1 Å². The van der Waals surface area contributed by atoms with Crippen molar-refractivity contribution in [3.63, 3.8) is 0 Å². The number of carbonyl (C=O) groups excluding carboxylic acids is 2. The zero-order valence-corrected chi connectivity index (χ0v) is 22.4. The summed E-state index contributed by atoms with van der Waals surface area (Å²) in [6.45, 7) is 4.91. The molecule has 0 bridgehead atoms. The van der Waals surface area contributed by atoms with Crippen molar-refractivity contribution >= 4 is 29.0 Å². The molecule has 9 nitrogen and oxygen atoms in total. The van der Waals surface area contributed by atoms with Gasteiger partial charge in [-0.05, 0) is 19.3 Å². The Morgan fingerprint density at radius 3 is 2.17 bits per heavy atom. The summed E-state index contributed by atoms with van der Waals surface area (Å²) in [4.78, 5) is 46.0. The highest BCUT2D eigenvalue weighted by atomic mass is 16.5. The lowest BCUT2D eigenvalue weighted by Gasteiger charge is -2.27. The average Bonchev–Trinajstić information content (AvgIpc) is 3.27. The Kier molecular flexibility index (Phi) is 14.2. The molecule has 0 spiro atoms. The number of nitrogens with two attached hydrogens (primary N) is 1. The highest BCUT2D eigenvalue weighted by molar-refractivity contribution is 5.88. The molecule has 0 saturated carbocycles. The highest BCUT2D eigenvalue weighted by Gasteiger charge is 2.34. The van der Waals surface area contributed by atoms with E-state index in [1.807, 2.05) is 0 Å². The number of carbonyl (C=O) groups is 2. The summed E-state index contributed by atoms with van der Waals surface area (Å²) in [5.74, 6) is 0.531. The molecule has 1 aliphatic heterocycles. The standard InChI is InChI=1S/C27H47N5O4/c1-3-5-7-9-11-13-16-21(33)17-15-19-36-26(22(34)18-14-12-10-8-6-4-2)32-20-29-23-24(32)30-27(28)31-25(23)35/h26,29H,3-20H2,1-2H3,(H3,28,30,31,35). The van der Waals surface area contributed by atoms with Crippen molar-refractivity contribution in [2.24, 2.45) is 0 Å². The van der Waals surface area contributed by atoms with Gasteiger partial charge in [0.15, 0.2) is 17.8 Å². The number of aromatic nitrogens is 2. The smallest absolute Gasteiger partial charge is 0.277 e. The lowest BCUT2D eigenvalue weighted by Crippen LogP contribution is -2.44. The van der Waals surface area contributed by atoms with Gasteiger partial charge in [-0.2, -0.15) is 4.98 Å². The van der Waals surface area contributed by atoms with Gasteiger partial charge in [0.05, 0.1) is 13.3 Å². The summed E-state index contributed by atoms with van der Waals surface area (Å²) in [5.41, 5.74) is 5.67. The average molecular weight is 506 g/mol. The summed E-state index contributed by atoms with van der Waals surface area (Å²) < 4.78 is 6.03. The van der Waals surface area contributed by atoms with Gasteiger partial charge >= 0.3 is 0 Å². The van der Waals surface area contributed by atoms with Gasteiger partial charge in [0.2, 0.25) is 5.95 Å². The van der Waals surface area contributed by atoms with E-state index in [9.17, 15) is 14.4 Å². The van der Waals surface area contributed by atoms with Crippen molar-refractivity contribution in [3.8, 4) is 0 Å². The molecule has 2 heterocycles. The maximum Gasteiger partial charge on any atom is 0.277 e. The number of Topliss-reactive ketones (excluding diaryl/α,β-unsaturated/α-hetero) is 2. The van der Waals surface area contributed by atoms with E-state index >= 15 is 0 Å². The Labute approximate surface area is 216 Å².